The summed E-state index contributed by atoms with van der Waals surface area (Å²) in [4.78, 5) is 16.9. The minimum Gasteiger partial charge on any atom is -0.359 e. The van der Waals surface area contributed by atoms with Crippen molar-refractivity contribution in [2.24, 2.45) is 16.8 Å². The summed E-state index contributed by atoms with van der Waals surface area (Å²) in [6.45, 7) is 11.1. The maximum Gasteiger partial charge on any atom is 0.416 e. The fourth-order valence-electron chi connectivity index (χ4n) is 3.96. The zero-order chi connectivity index (χ0) is 24.2. The summed E-state index contributed by atoms with van der Waals surface area (Å²) in [6.07, 6.45) is -2.32. The van der Waals surface area contributed by atoms with E-state index in [1.165, 1.54) is 25.1 Å². The lowest BCUT2D eigenvalue weighted by Gasteiger charge is -2.31. The lowest BCUT2D eigenvalue weighted by atomic mass is 9.95. The monoisotopic (exact) mass is 457 g/mol. The zero-order valence-corrected chi connectivity index (χ0v) is 19.2. The van der Waals surface area contributed by atoms with Crippen LogP contribution in [-0.2, 0) is 11.0 Å². The van der Waals surface area contributed by atoms with E-state index in [0.29, 0.717) is 11.8 Å². The number of rotatable bonds is 3. The van der Waals surface area contributed by atoms with Gasteiger partial charge in [-0.2, -0.15) is 13.2 Å². The van der Waals surface area contributed by atoms with Crippen LogP contribution in [0.25, 0.3) is 0 Å². The van der Waals surface area contributed by atoms with E-state index >= 15 is 0 Å². The van der Waals surface area contributed by atoms with Crippen molar-refractivity contribution in [3.8, 4) is 0 Å². The van der Waals surface area contributed by atoms with Gasteiger partial charge in [0.25, 0.3) is 0 Å². The van der Waals surface area contributed by atoms with E-state index in [4.69, 9.17) is 4.99 Å². The Labute approximate surface area is 193 Å². The van der Waals surface area contributed by atoms with Crippen molar-refractivity contribution in [2.75, 3.05) is 18.4 Å². The predicted octanol–water partition coefficient (Wildman–Crippen LogP) is 6.32. The van der Waals surface area contributed by atoms with Crippen LogP contribution in [0.4, 0.5) is 18.9 Å². The Morgan fingerprint density at radius 1 is 1.18 bits per heavy atom. The summed E-state index contributed by atoms with van der Waals surface area (Å²) in [5, 5.41) is 3.36. The number of aliphatic imine (C=N–C) groups is 1. The quantitative estimate of drug-likeness (QED) is 0.549. The number of alkyl halides is 3. The van der Waals surface area contributed by atoms with Crippen LogP contribution in [0.1, 0.15) is 50.0 Å². The number of nitrogens with one attached hydrogen (secondary N) is 1. The van der Waals surface area contributed by atoms with Gasteiger partial charge in [0.2, 0.25) is 0 Å². The molecule has 4 rings (SSSR count). The van der Waals surface area contributed by atoms with E-state index < -0.39 is 17.9 Å². The van der Waals surface area contributed by atoms with Crippen LogP contribution in [0.3, 0.4) is 0 Å². The Hall–Kier alpha value is -3.09. The van der Waals surface area contributed by atoms with E-state index in [0.717, 1.165) is 54.3 Å². The van der Waals surface area contributed by atoms with Gasteiger partial charge in [-0.1, -0.05) is 44.7 Å². The lowest BCUT2D eigenvalue weighted by molar-refractivity contribution is -0.137. The summed E-state index contributed by atoms with van der Waals surface area (Å²) in [7, 11) is 0. The van der Waals surface area contributed by atoms with Crippen LogP contribution in [0.5, 0.6) is 0 Å². The van der Waals surface area contributed by atoms with Crippen molar-refractivity contribution < 1.29 is 18.0 Å². The highest BCUT2D eigenvalue weighted by Crippen LogP contribution is 2.35. The number of para-hydroxylation sites is 1. The summed E-state index contributed by atoms with van der Waals surface area (Å²) in [5.41, 5.74) is 2.09. The minimum absolute atomic E-state index is 0.0185. The Morgan fingerprint density at radius 3 is 2.36 bits per heavy atom. The molecule has 33 heavy (non-hydrogen) atoms. The van der Waals surface area contributed by atoms with Crippen molar-refractivity contribution in [1.29, 1.82) is 0 Å². The Kier molecular flexibility index (Phi) is 7.61. The second-order valence-corrected chi connectivity index (χ2v) is 8.72. The zero-order valence-electron chi connectivity index (χ0n) is 19.2. The molecule has 2 unspecified atom stereocenters. The van der Waals surface area contributed by atoms with Crippen LogP contribution in [-0.4, -0.2) is 29.6 Å². The van der Waals surface area contributed by atoms with E-state index in [1.807, 2.05) is 24.3 Å². The third-order valence-corrected chi connectivity index (χ3v) is 6.02. The number of ketones is 1. The van der Waals surface area contributed by atoms with E-state index in [9.17, 15) is 18.0 Å². The van der Waals surface area contributed by atoms with Crippen LogP contribution < -0.4 is 5.32 Å². The van der Waals surface area contributed by atoms with Crippen molar-refractivity contribution in [3.05, 3.63) is 77.9 Å². The molecule has 2 aliphatic rings. The fourth-order valence-corrected chi connectivity index (χ4v) is 3.96. The first-order valence-electron chi connectivity index (χ1n) is 11.1. The number of halogens is 3. The Balaban J connectivity index is 0.000000555. The normalized spacial score (nSPS) is 19.7. The number of hydrogen-bond acceptors (Lipinski definition) is 4. The Bertz CT molecular complexity index is 1010. The molecule has 1 saturated heterocycles. The molecular formula is C26H30F3N3O. The highest BCUT2D eigenvalue weighted by atomic mass is 19.4. The maximum absolute atomic E-state index is 12.9. The summed E-state index contributed by atoms with van der Waals surface area (Å²) >= 11 is 0. The molecule has 0 aliphatic carbocycles. The number of amidine groups is 1. The number of carbonyl (C=O) groups is 1. The van der Waals surface area contributed by atoms with Crippen LogP contribution in [0.15, 0.2) is 66.2 Å². The number of benzene rings is 2. The standard InChI is InChI=1S/C22H24F3N3.C4H6O/c1-14(2)16-11-12-28(13-16)21-18-5-3-4-6-19(18)26-20(27-21)15-7-9-17(10-8-15)22(23,24)25;1-3-4(2)5/h3-10,14,16,20,26H,11-13H2,1-2H3;3H,1H2,2H3. The van der Waals surface area contributed by atoms with Crippen molar-refractivity contribution >= 4 is 17.3 Å². The van der Waals surface area contributed by atoms with Crippen LogP contribution >= 0.6 is 0 Å². The first-order valence-corrected chi connectivity index (χ1v) is 11.1. The van der Waals surface area contributed by atoms with Gasteiger partial charge >= 0.3 is 6.18 Å². The molecule has 2 aromatic rings. The third-order valence-electron chi connectivity index (χ3n) is 6.02. The number of allylic oxidation sites excluding steroid dienone is 1. The van der Waals surface area contributed by atoms with Gasteiger partial charge in [0.05, 0.1) is 5.56 Å². The van der Waals surface area contributed by atoms with E-state index in [2.05, 4.69) is 30.6 Å². The van der Waals surface area contributed by atoms with Gasteiger partial charge in [-0.05, 0) is 61.1 Å². The van der Waals surface area contributed by atoms with Gasteiger partial charge in [-0.25, -0.2) is 4.99 Å². The van der Waals surface area contributed by atoms with Gasteiger partial charge in [0.1, 0.15) is 12.0 Å². The molecular weight excluding hydrogens is 427 g/mol. The average Bonchev–Trinajstić information content (AvgIpc) is 3.29. The smallest absolute Gasteiger partial charge is 0.359 e. The molecule has 0 amide bonds. The SMILES string of the molecule is C=CC(C)=O.CC(C)C1CCN(C2=NC(c3ccc(C(F)(F)F)cc3)Nc3ccccc32)C1. The number of anilines is 1. The molecule has 7 heteroatoms. The molecule has 2 aliphatic heterocycles. The molecule has 4 nitrogen and oxygen atoms in total. The van der Waals surface area contributed by atoms with E-state index in [1.54, 1.807) is 0 Å². The van der Waals surface area contributed by atoms with Gasteiger partial charge in [0.15, 0.2) is 5.78 Å². The lowest BCUT2D eigenvalue weighted by Crippen LogP contribution is -2.34. The molecule has 0 aromatic heterocycles. The van der Waals surface area contributed by atoms with Crippen molar-refractivity contribution in [3.63, 3.8) is 0 Å². The molecule has 2 aromatic carbocycles. The van der Waals surface area contributed by atoms with Crippen LogP contribution in [0, 0.1) is 11.8 Å². The number of fused-ring (bicyclic) bond motifs is 1. The largest absolute Gasteiger partial charge is 0.416 e. The van der Waals surface area contributed by atoms with Gasteiger partial charge in [-0.3, -0.25) is 4.79 Å². The first kappa shape index (κ1) is 24.6. The van der Waals surface area contributed by atoms with Gasteiger partial charge in [-0.15, -0.1) is 0 Å². The van der Waals surface area contributed by atoms with Crippen molar-refractivity contribution in [1.82, 2.24) is 4.90 Å². The first-order chi connectivity index (χ1) is 15.6. The molecule has 1 fully saturated rings. The second kappa shape index (κ2) is 10.2. The molecule has 0 bridgehead atoms. The molecule has 2 atom stereocenters. The fraction of sp³-hybridized carbons (Fsp3) is 0.385. The summed E-state index contributed by atoms with van der Waals surface area (Å²) in [5.74, 6) is 2.20. The summed E-state index contributed by atoms with van der Waals surface area (Å²) in [6, 6.07) is 13.3. The number of carbonyl (C=O) groups excluding carboxylic acids is 1. The number of likely N-dealkylation sites (tertiary alicyclic amines) is 1. The van der Waals surface area contributed by atoms with E-state index in [-0.39, 0.29) is 5.78 Å². The highest BCUT2D eigenvalue weighted by molar-refractivity contribution is 6.05. The maximum atomic E-state index is 12.9. The number of nitrogens with zero attached hydrogens (tertiary/aromatic N) is 2. The molecule has 2 heterocycles. The molecule has 0 spiro atoms. The molecule has 0 radical (unpaired) electrons. The van der Waals surface area contributed by atoms with Crippen LogP contribution in [0.2, 0.25) is 0 Å². The summed E-state index contributed by atoms with van der Waals surface area (Å²) < 4.78 is 38.6. The Morgan fingerprint density at radius 2 is 1.82 bits per heavy atom. The minimum atomic E-state index is -4.33. The second-order valence-electron chi connectivity index (χ2n) is 8.72. The topological polar surface area (TPSA) is 44.7 Å². The predicted molar refractivity (Wildman–Crippen MR) is 126 cm³/mol. The molecule has 1 N–H and O–H groups in total. The molecule has 0 saturated carbocycles. The molecule has 176 valence electrons. The number of hydrogen-bond donors (Lipinski definition) is 1. The third kappa shape index (κ3) is 6.03. The van der Waals surface area contributed by atoms with Crippen molar-refractivity contribution in [2.45, 2.75) is 39.5 Å². The average molecular weight is 458 g/mol. The van der Waals surface area contributed by atoms with Gasteiger partial charge < -0.3 is 10.2 Å². The highest BCUT2D eigenvalue weighted by Gasteiger charge is 2.33. The van der Waals surface area contributed by atoms with Gasteiger partial charge in [0, 0.05) is 24.3 Å².